The van der Waals surface area contributed by atoms with Crippen molar-refractivity contribution < 1.29 is 28.6 Å². The highest BCUT2D eigenvalue weighted by Crippen LogP contribution is 2.16. The van der Waals surface area contributed by atoms with Gasteiger partial charge in [-0.25, -0.2) is 0 Å². The zero-order chi connectivity index (χ0) is 37.5. The van der Waals surface area contributed by atoms with E-state index in [9.17, 15) is 14.4 Å². The highest BCUT2D eigenvalue weighted by atomic mass is 16.6. The maximum Gasteiger partial charge on any atom is 0.306 e. The third kappa shape index (κ3) is 39.5. The quantitative estimate of drug-likeness (QED) is 0.0356. The summed E-state index contributed by atoms with van der Waals surface area (Å²) in [7, 11) is 0. The van der Waals surface area contributed by atoms with Crippen LogP contribution in [0.2, 0.25) is 0 Å². The summed E-state index contributed by atoms with van der Waals surface area (Å²) in [5.41, 5.74) is 0. The van der Waals surface area contributed by atoms with Crippen LogP contribution in [0, 0.1) is 5.92 Å². The average molecular weight is 723 g/mol. The lowest BCUT2D eigenvalue weighted by molar-refractivity contribution is -0.167. The minimum atomic E-state index is -0.758. The minimum Gasteiger partial charge on any atom is -0.462 e. The molecular weight excluding hydrogens is 636 g/mol. The van der Waals surface area contributed by atoms with Crippen molar-refractivity contribution in [1.29, 1.82) is 0 Å². The molecule has 0 amide bonds. The summed E-state index contributed by atoms with van der Waals surface area (Å²) in [5, 5.41) is 0. The van der Waals surface area contributed by atoms with Crippen LogP contribution >= 0.6 is 0 Å². The Hall–Kier alpha value is -1.59. The van der Waals surface area contributed by atoms with Gasteiger partial charge in [0.25, 0.3) is 0 Å². The molecule has 0 aromatic heterocycles. The number of carbonyl (C=O) groups is 3. The van der Waals surface area contributed by atoms with E-state index < -0.39 is 6.10 Å². The molecule has 1 atom stereocenters. The van der Waals surface area contributed by atoms with E-state index in [0.717, 1.165) is 63.7 Å². The fraction of sp³-hybridized carbons (Fsp3) is 0.933. The number of unbranched alkanes of at least 4 members (excludes halogenated alkanes) is 27. The lowest BCUT2D eigenvalue weighted by Gasteiger charge is -2.18. The Kier molecular flexibility index (Phi) is 38.4. The average Bonchev–Trinajstić information content (AvgIpc) is 3.11. The second-order valence-corrected chi connectivity index (χ2v) is 15.8. The maximum atomic E-state index is 12.7. The summed E-state index contributed by atoms with van der Waals surface area (Å²) in [6.45, 7) is 8.88. The third-order valence-electron chi connectivity index (χ3n) is 10.0. The topological polar surface area (TPSA) is 78.9 Å². The van der Waals surface area contributed by atoms with Crippen LogP contribution < -0.4 is 0 Å². The number of rotatable bonds is 40. The zero-order valence-electron chi connectivity index (χ0n) is 34.6. The first-order chi connectivity index (χ1) is 24.9. The van der Waals surface area contributed by atoms with Gasteiger partial charge in [0.05, 0.1) is 0 Å². The highest BCUT2D eigenvalue weighted by molar-refractivity contribution is 5.71. The van der Waals surface area contributed by atoms with Gasteiger partial charge in [0.1, 0.15) is 13.2 Å². The monoisotopic (exact) mass is 723 g/mol. The van der Waals surface area contributed by atoms with Crippen LogP contribution in [0.5, 0.6) is 0 Å². The normalized spacial score (nSPS) is 11.9. The standard InChI is InChI=1S/C45H86O6/c1-5-7-9-11-13-14-15-16-17-18-19-20-21-22-24-30-34-38-45(48)51-42(39-49-43(46)36-32-28-23-12-10-8-6-2)40-50-44(47)37-33-29-26-25-27-31-35-41(3)4/h41-42H,5-40H2,1-4H3/t42-/m0/s1. The van der Waals surface area contributed by atoms with Gasteiger partial charge in [0.2, 0.25) is 0 Å². The first kappa shape index (κ1) is 49.4. The van der Waals surface area contributed by atoms with Gasteiger partial charge in [0.15, 0.2) is 6.10 Å². The first-order valence-corrected chi connectivity index (χ1v) is 22.4. The van der Waals surface area contributed by atoms with Crippen molar-refractivity contribution in [2.75, 3.05) is 13.2 Å². The third-order valence-corrected chi connectivity index (χ3v) is 10.0. The summed E-state index contributed by atoms with van der Waals surface area (Å²) in [6, 6.07) is 0. The fourth-order valence-corrected chi connectivity index (χ4v) is 6.63. The molecule has 0 saturated carbocycles. The molecule has 0 radical (unpaired) electrons. The Bertz CT molecular complexity index is 766. The SMILES string of the molecule is CCCCCCCCCCCCCCCCCCCC(=O)O[C@@H](COC(=O)CCCCCCCCC)COC(=O)CCCCCCCCC(C)C. The van der Waals surface area contributed by atoms with Gasteiger partial charge >= 0.3 is 17.9 Å². The Labute approximate surface area is 317 Å². The Morgan fingerprint density at radius 2 is 0.647 bits per heavy atom. The molecule has 302 valence electrons. The summed E-state index contributed by atoms with van der Waals surface area (Å²) >= 11 is 0. The van der Waals surface area contributed by atoms with Crippen LogP contribution in [-0.4, -0.2) is 37.2 Å². The maximum absolute atomic E-state index is 12.7. The van der Waals surface area contributed by atoms with Gasteiger partial charge in [-0.2, -0.15) is 0 Å². The molecule has 6 nitrogen and oxygen atoms in total. The Morgan fingerprint density at radius 1 is 0.373 bits per heavy atom. The van der Waals surface area contributed by atoms with Crippen LogP contribution in [-0.2, 0) is 28.6 Å². The molecule has 0 aliphatic carbocycles. The molecule has 0 unspecified atom stereocenters. The molecule has 0 spiro atoms. The zero-order valence-corrected chi connectivity index (χ0v) is 34.6. The summed E-state index contributed by atoms with van der Waals surface area (Å²) < 4.78 is 16.6. The van der Waals surface area contributed by atoms with Crippen LogP contribution in [0.15, 0.2) is 0 Å². The number of carbonyl (C=O) groups excluding carboxylic acids is 3. The summed E-state index contributed by atoms with van der Waals surface area (Å²) in [5.74, 6) is -0.103. The number of hydrogen-bond donors (Lipinski definition) is 0. The van der Waals surface area contributed by atoms with Gasteiger partial charge in [-0.05, 0) is 25.2 Å². The smallest absolute Gasteiger partial charge is 0.306 e. The molecule has 51 heavy (non-hydrogen) atoms. The van der Waals surface area contributed by atoms with Gasteiger partial charge in [-0.3, -0.25) is 14.4 Å². The van der Waals surface area contributed by atoms with E-state index in [1.165, 1.54) is 141 Å². The van der Waals surface area contributed by atoms with E-state index >= 15 is 0 Å². The van der Waals surface area contributed by atoms with Crippen molar-refractivity contribution in [3.63, 3.8) is 0 Å². The molecule has 6 heteroatoms. The minimum absolute atomic E-state index is 0.0657. The Balaban J connectivity index is 4.22. The molecular formula is C45H86O6. The van der Waals surface area contributed by atoms with Gasteiger partial charge in [-0.15, -0.1) is 0 Å². The lowest BCUT2D eigenvalue weighted by atomic mass is 10.0. The summed E-state index contributed by atoms with van der Waals surface area (Å²) in [6.07, 6.45) is 38.3. The Morgan fingerprint density at radius 3 is 0.961 bits per heavy atom. The molecule has 0 aliphatic rings. The van der Waals surface area contributed by atoms with E-state index in [-0.39, 0.29) is 31.1 Å². The van der Waals surface area contributed by atoms with Crippen molar-refractivity contribution in [1.82, 2.24) is 0 Å². The van der Waals surface area contributed by atoms with Crippen LogP contribution in [0.1, 0.15) is 246 Å². The van der Waals surface area contributed by atoms with Crippen LogP contribution in [0.25, 0.3) is 0 Å². The molecule has 0 bridgehead atoms. The van der Waals surface area contributed by atoms with Gasteiger partial charge in [0, 0.05) is 19.3 Å². The molecule has 0 heterocycles. The highest BCUT2D eigenvalue weighted by Gasteiger charge is 2.19. The summed E-state index contributed by atoms with van der Waals surface area (Å²) in [4.78, 5) is 37.5. The number of ether oxygens (including phenoxy) is 3. The molecule has 0 aromatic rings. The van der Waals surface area contributed by atoms with E-state index in [2.05, 4.69) is 27.7 Å². The van der Waals surface area contributed by atoms with Crippen molar-refractivity contribution in [2.45, 2.75) is 252 Å². The van der Waals surface area contributed by atoms with E-state index in [1.54, 1.807) is 0 Å². The predicted molar refractivity (Wildman–Crippen MR) is 215 cm³/mol. The van der Waals surface area contributed by atoms with Crippen molar-refractivity contribution in [2.24, 2.45) is 5.92 Å². The molecule has 0 aliphatic heterocycles. The van der Waals surface area contributed by atoms with Crippen molar-refractivity contribution in [3.05, 3.63) is 0 Å². The number of hydrogen-bond acceptors (Lipinski definition) is 6. The second-order valence-electron chi connectivity index (χ2n) is 15.8. The number of esters is 3. The van der Waals surface area contributed by atoms with Crippen LogP contribution in [0.4, 0.5) is 0 Å². The van der Waals surface area contributed by atoms with Crippen molar-refractivity contribution >= 4 is 17.9 Å². The lowest BCUT2D eigenvalue weighted by Crippen LogP contribution is -2.30. The molecule has 0 rings (SSSR count). The largest absolute Gasteiger partial charge is 0.462 e. The first-order valence-electron chi connectivity index (χ1n) is 22.4. The molecule has 0 aromatic carbocycles. The van der Waals surface area contributed by atoms with Gasteiger partial charge in [-0.1, -0.05) is 207 Å². The second kappa shape index (κ2) is 39.6. The molecule has 0 N–H and O–H groups in total. The van der Waals surface area contributed by atoms with E-state index in [4.69, 9.17) is 14.2 Å². The fourth-order valence-electron chi connectivity index (χ4n) is 6.63. The van der Waals surface area contributed by atoms with Crippen LogP contribution in [0.3, 0.4) is 0 Å². The van der Waals surface area contributed by atoms with Gasteiger partial charge < -0.3 is 14.2 Å². The molecule has 0 saturated heterocycles. The molecule has 0 fully saturated rings. The van der Waals surface area contributed by atoms with E-state index in [1.807, 2.05) is 0 Å². The van der Waals surface area contributed by atoms with E-state index in [0.29, 0.717) is 19.3 Å². The predicted octanol–water partition coefficient (Wildman–Crippen LogP) is 13.9. The van der Waals surface area contributed by atoms with Crippen molar-refractivity contribution in [3.8, 4) is 0 Å².